The Hall–Kier alpha value is -2.78. The molecule has 9 heteroatoms. The molecule has 2 N–H and O–H groups in total. The molecule has 0 unspecified atom stereocenters. The number of primary amides is 1. The molecule has 0 spiro atoms. The first kappa shape index (κ1) is 17.1. The summed E-state index contributed by atoms with van der Waals surface area (Å²) >= 11 is 0. The molecule has 1 amide bonds. The third-order valence-electron chi connectivity index (χ3n) is 4.19. The van der Waals surface area contributed by atoms with Crippen molar-refractivity contribution in [1.82, 2.24) is 4.31 Å². The molecule has 1 heterocycles. The van der Waals surface area contributed by atoms with Crippen LogP contribution in [0.15, 0.2) is 53.4 Å². The van der Waals surface area contributed by atoms with E-state index >= 15 is 0 Å². The van der Waals surface area contributed by atoms with Crippen LogP contribution in [0.2, 0.25) is 0 Å². The van der Waals surface area contributed by atoms with Crippen LogP contribution in [0, 0.1) is 10.1 Å². The summed E-state index contributed by atoms with van der Waals surface area (Å²) in [6, 6.07) is 10.8. The Morgan fingerprint density at radius 2 is 1.72 bits per heavy atom. The van der Waals surface area contributed by atoms with Gasteiger partial charge in [0.05, 0.1) is 9.82 Å². The number of nitrogens with two attached hydrogens (primary N) is 1. The van der Waals surface area contributed by atoms with Gasteiger partial charge in [0, 0.05) is 18.7 Å². The standard InChI is InChI=1S/C16H15N3O5S/c17-16(20)15-9-11-3-1-2-4-12(11)10-18(15)25(23,24)14-7-5-13(6-8-14)19(21)22/h1-8,15H,9-10H2,(H2,17,20)/t15-/m0/s1. The van der Waals surface area contributed by atoms with Gasteiger partial charge in [0.2, 0.25) is 15.9 Å². The van der Waals surface area contributed by atoms with Crippen molar-refractivity contribution in [2.24, 2.45) is 5.73 Å². The third-order valence-corrected chi connectivity index (χ3v) is 6.06. The maximum absolute atomic E-state index is 12.9. The molecule has 0 aromatic heterocycles. The largest absolute Gasteiger partial charge is 0.368 e. The fraction of sp³-hybridized carbons (Fsp3) is 0.188. The SMILES string of the molecule is NC(=O)[C@@H]1Cc2ccccc2CN1S(=O)(=O)c1ccc([N+](=O)[O-])cc1. The molecule has 1 aliphatic heterocycles. The van der Waals surface area contributed by atoms with Gasteiger partial charge in [-0.25, -0.2) is 8.42 Å². The molecular formula is C16H15N3O5S. The third kappa shape index (κ3) is 3.11. The number of non-ortho nitro benzene ring substituents is 1. The lowest BCUT2D eigenvalue weighted by Crippen LogP contribution is -2.50. The Kier molecular flexibility index (Phi) is 4.27. The number of rotatable bonds is 4. The zero-order chi connectivity index (χ0) is 18.2. The van der Waals surface area contributed by atoms with Crippen LogP contribution in [0.25, 0.3) is 0 Å². The number of benzene rings is 2. The quantitative estimate of drug-likeness (QED) is 0.647. The minimum atomic E-state index is -4.03. The number of carbonyl (C=O) groups is 1. The van der Waals surface area contributed by atoms with Gasteiger partial charge in [-0.3, -0.25) is 14.9 Å². The monoisotopic (exact) mass is 361 g/mol. The lowest BCUT2D eigenvalue weighted by molar-refractivity contribution is -0.384. The van der Waals surface area contributed by atoms with E-state index in [0.29, 0.717) is 0 Å². The molecule has 130 valence electrons. The van der Waals surface area contributed by atoms with Crippen LogP contribution in [0.5, 0.6) is 0 Å². The second-order valence-corrected chi connectivity index (χ2v) is 7.58. The minimum absolute atomic E-state index is 0.0170. The zero-order valence-corrected chi connectivity index (χ0v) is 13.8. The van der Waals surface area contributed by atoms with Crippen molar-refractivity contribution >= 4 is 21.6 Å². The molecule has 0 saturated carbocycles. The number of amides is 1. The summed E-state index contributed by atoms with van der Waals surface area (Å²) in [6.07, 6.45) is 0.192. The smallest absolute Gasteiger partial charge is 0.269 e. The van der Waals surface area contributed by atoms with Crippen molar-refractivity contribution in [1.29, 1.82) is 0 Å². The first-order valence-electron chi connectivity index (χ1n) is 7.43. The highest BCUT2D eigenvalue weighted by Gasteiger charge is 2.38. The first-order valence-corrected chi connectivity index (χ1v) is 8.87. The highest BCUT2D eigenvalue weighted by atomic mass is 32.2. The summed E-state index contributed by atoms with van der Waals surface area (Å²) < 4.78 is 26.9. The second kappa shape index (κ2) is 6.26. The predicted molar refractivity (Wildman–Crippen MR) is 89.0 cm³/mol. The van der Waals surface area contributed by atoms with Crippen molar-refractivity contribution in [3.05, 3.63) is 69.8 Å². The number of nitro benzene ring substituents is 1. The molecule has 2 aromatic rings. The number of carbonyl (C=O) groups excluding carboxylic acids is 1. The molecule has 0 aliphatic carbocycles. The molecule has 2 aromatic carbocycles. The summed E-state index contributed by atoms with van der Waals surface area (Å²) in [6.45, 7) is 0.0170. The van der Waals surface area contributed by atoms with E-state index in [2.05, 4.69) is 0 Å². The molecule has 25 heavy (non-hydrogen) atoms. The Labute approximate surface area is 144 Å². The van der Waals surface area contributed by atoms with Gasteiger partial charge in [-0.1, -0.05) is 24.3 Å². The highest BCUT2D eigenvalue weighted by molar-refractivity contribution is 7.89. The molecule has 3 rings (SSSR count). The molecule has 0 bridgehead atoms. The van der Waals surface area contributed by atoms with Crippen LogP contribution < -0.4 is 5.73 Å². The molecular weight excluding hydrogens is 346 g/mol. The number of hydrogen-bond acceptors (Lipinski definition) is 5. The van der Waals surface area contributed by atoms with Crippen LogP contribution in [0.3, 0.4) is 0 Å². The van der Waals surface area contributed by atoms with Crippen LogP contribution in [-0.4, -0.2) is 29.6 Å². The van der Waals surface area contributed by atoms with E-state index in [1.165, 1.54) is 0 Å². The number of hydrogen-bond donors (Lipinski definition) is 1. The Morgan fingerprint density at radius 3 is 2.28 bits per heavy atom. The van der Waals surface area contributed by atoms with E-state index in [-0.39, 0.29) is 23.5 Å². The number of sulfonamides is 1. The van der Waals surface area contributed by atoms with Crippen LogP contribution in [0.4, 0.5) is 5.69 Å². The summed E-state index contributed by atoms with van der Waals surface area (Å²) in [5.41, 5.74) is 6.88. The van der Waals surface area contributed by atoms with Gasteiger partial charge in [0.1, 0.15) is 6.04 Å². The summed E-state index contributed by atoms with van der Waals surface area (Å²) in [5, 5.41) is 10.7. The lowest BCUT2D eigenvalue weighted by atomic mass is 9.96. The number of nitro groups is 1. The molecule has 0 saturated heterocycles. The average Bonchev–Trinajstić information content (AvgIpc) is 2.60. The van der Waals surface area contributed by atoms with Gasteiger partial charge in [-0.15, -0.1) is 0 Å². The molecule has 0 radical (unpaired) electrons. The van der Waals surface area contributed by atoms with Crippen molar-refractivity contribution < 1.29 is 18.1 Å². The Bertz CT molecular complexity index is 940. The van der Waals surface area contributed by atoms with E-state index in [1.54, 1.807) is 12.1 Å². The fourth-order valence-electron chi connectivity index (χ4n) is 2.87. The van der Waals surface area contributed by atoms with Gasteiger partial charge in [0.25, 0.3) is 5.69 Å². The molecule has 8 nitrogen and oxygen atoms in total. The zero-order valence-electron chi connectivity index (χ0n) is 13.0. The molecule has 0 fully saturated rings. The van der Waals surface area contributed by atoms with Crippen LogP contribution in [-0.2, 0) is 27.8 Å². The maximum atomic E-state index is 12.9. The Morgan fingerprint density at radius 1 is 1.12 bits per heavy atom. The van der Waals surface area contributed by atoms with Gasteiger partial charge in [0.15, 0.2) is 0 Å². The van der Waals surface area contributed by atoms with E-state index in [9.17, 15) is 23.3 Å². The number of fused-ring (bicyclic) bond motifs is 1. The van der Waals surface area contributed by atoms with Crippen molar-refractivity contribution in [3.8, 4) is 0 Å². The predicted octanol–water partition coefficient (Wildman–Crippen LogP) is 1.20. The summed E-state index contributed by atoms with van der Waals surface area (Å²) in [7, 11) is -4.03. The summed E-state index contributed by atoms with van der Waals surface area (Å²) in [5.74, 6) is -0.736. The second-order valence-electron chi connectivity index (χ2n) is 5.69. The number of nitrogens with zero attached hydrogens (tertiary/aromatic N) is 2. The van der Waals surface area contributed by atoms with Gasteiger partial charge < -0.3 is 5.73 Å². The van der Waals surface area contributed by atoms with Crippen LogP contribution >= 0.6 is 0 Å². The molecule has 1 atom stereocenters. The topological polar surface area (TPSA) is 124 Å². The average molecular weight is 361 g/mol. The van der Waals surface area contributed by atoms with E-state index < -0.39 is 26.9 Å². The maximum Gasteiger partial charge on any atom is 0.269 e. The lowest BCUT2D eigenvalue weighted by Gasteiger charge is -2.34. The minimum Gasteiger partial charge on any atom is -0.368 e. The van der Waals surface area contributed by atoms with E-state index in [1.807, 2.05) is 12.1 Å². The summed E-state index contributed by atoms with van der Waals surface area (Å²) in [4.78, 5) is 21.8. The van der Waals surface area contributed by atoms with Crippen molar-refractivity contribution in [2.45, 2.75) is 23.9 Å². The normalized spacial score (nSPS) is 17.7. The van der Waals surface area contributed by atoms with E-state index in [4.69, 9.17) is 5.73 Å². The highest BCUT2D eigenvalue weighted by Crippen LogP contribution is 2.29. The van der Waals surface area contributed by atoms with Gasteiger partial charge in [-0.05, 0) is 29.7 Å². The fourth-order valence-corrected chi connectivity index (χ4v) is 4.44. The van der Waals surface area contributed by atoms with Gasteiger partial charge >= 0.3 is 0 Å². The van der Waals surface area contributed by atoms with Crippen molar-refractivity contribution in [2.75, 3.05) is 0 Å². The van der Waals surface area contributed by atoms with E-state index in [0.717, 1.165) is 39.7 Å². The van der Waals surface area contributed by atoms with Gasteiger partial charge in [-0.2, -0.15) is 4.31 Å². The van der Waals surface area contributed by atoms with Crippen LogP contribution in [0.1, 0.15) is 11.1 Å². The first-order chi connectivity index (χ1) is 11.8. The molecule has 1 aliphatic rings. The Balaban J connectivity index is 2.02. The van der Waals surface area contributed by atoms with Crippen molar-refractivity contribution in [3.63, 3.8) is 0 Å².